The van der Waals surface area contributed by atoms with Crippen LogP contribution in [0.3, 0.4) is 0 Å². The number of carbonyl (C=O) groups is 1. The summed E-state index contributed by atoms with van der Waals surface area (Å²) >= 11 is 12.1. The summed E-state index contributed by atoms with van der Waals surface area (Å²) in [6, 6.07) is 8.31. The van der Waals surface area contributed by atoms with Gasteiger partial charge >= 0.3 is 0 Å². The number of amides is 1. The van der Waals surface area contributed by atoms with Crippen LogP contribution in [-0.2, 0) is 14.8 Å². The van der Waals surface area contributed by atoms with Crippen molar-refractivity contribution in [2.75, 3.05) is 17.1 Å². The molecule has 152 valence electrons. The van der Waals surface area contributed by atoms with Crippen molar-refractivity contribution in [1.29, 1.82) is 0 Å². The van der Waals surface area contributed by atoms with E-state index in [1.165, 1.54) is 17.7 Å². The fraction of sp³-hybridized carbons (Fsp3) is 0.350. The van der Waals surface area contributed by atoms with Crippen molar-refractivity contribution >= 4 is 44.8 Å². The minimum absolute atomic E-state index is 0.168. The molecular formula is C20H24Cl2N2O3S. The lowest BCUT2D eigenvalue weighted by Gasteiger charge is -2.25. The molecule has 0 heterocycles. The average Bonchev–Trinajstić information content (AvgIpc) is 2.57. The minimum atomic E-state index is -3.74. The second-order valence-electron chi connectivity index (χ2n) is 6.95. The highest BCUT2D eigenvalue weighted by molar-refractivity contribution is 7.92. The predicted octanol–water partition coefficient (Wildman–Crippen LogP) is 4.56. The fourth-order valence-electron chi connectivity index (χ4n) is 3.00. The summed E-state index contributed by atoms with van der Waals surface area (Å²) in [6.07, 6.45) is 1.02. The third-order valence-corrected chi connectivity index (χ3v) is 6.27. The van der Waals surface area contributed by atoms with Gasteiger partial charge in [-0.1, -0.05) is 35.3 Å². The molecule has 1 N–H and O–H groups in total. The average molecular weight is 443 g/mol. The van der Waals surface area contributed by atoms with Gasteiger partial charge in [0.05, 0.1) is 23.0 Å². The Bertz CT molecular complexity index is 1010. The van der Waals surface area contributed by atoms with E-state index in [9.17, 15) is 13.2 Å². The van der Waals surface area contributed by atoms with E-state index in [-0.39, 0.29) is 16.8 Å². The summed E-state index contributed by atoms with van der Waals surface area (Å²) in [5.74, 6) is -0.438. The molecule has 1 amide bonds. The first-order valence-electron chi connectivity index (χ1n) is 8.70. The summed E-state index contributed by atoms with van der Waals surface area (Å²) in [6.45, 7) is 7.51. The number of nitrogens with zero attached hydrogens (tertiary/aromatic N) is 1. The molecule has 0 aromatic heterocycles. The van der Waals surface area contributed by atoms with Crippen molar-refractivity contribution in [2.45, 2.75) is 33.7 Å². The fourth-order valence-corrected chi connectivity index (χ4v) is 4.30. The number of anilines is 1. The van der Waals surface area contributed by atoms with Crippen molar-refractivity contribution in [3.8, 4) is 0 Å². The Morgan fingerprint density at radius 2 is 1.68 bits per heavy atom. The van der Waals surface area contributed by atoms with E-state index >= 15 is 0 Å². The van der Waals surface area contributed by atoms with Gasteiger partial charge in [0.1, 0.15) is 6.54 Å². The molecule has 0 saturated carbocycles. The highest BCUT2D eigenvalue weighted by Crippen LogP contribution is 2.30. The Morgan fingerprint density at radius 3 is 2.29 bits per heavy atom. The number of halogens is 2. The maximum absolute atomic E-state index is 12.6. The van der Waals surface area contributed by atoms with Gasteiger partial charge in [0.25, 0.3) is 0 Å². The van der Waals surface area contributed by atoms with Crippen LogP contribution in [0.4, 0.5) is 5.69 Å². The molecule has 0 aliphatic carbocycles. The molecule has 0 aliphatic heterocycles. The maximum atomic E-state index is 12.6. The molecule has 0 radical (unpaired) electrons. The smallest absolute Gasteiger partial charge is 0.241 e. The molecule has 8 heteroatoms. The van der Waals surface area contributed by atoms with Crippen LogP contribution in [0.2, 0.25) is 10.0 Å². The Labute approximate surface area is 176 Å². The van der Waals surface area contributed by atoms with Gasteiger partial charge in [-0.05, 0) is 68.1 Å². The van der Waals surface area contributed by atoms with Gasteiger partial charge in [0.15, 0.2) is 0 Å². The van der Waals surface area contributed by atoms with E-state index < -0.39 is 22.5 Å². The van der Waals surface area contributed by atoms with Crippen molar-refractivity contribution in [2.24, 2.45) is 0 Å². The lowest BCUT2D eigenvalue weighted by atomic mass is 9.96. The summed E-state index contributed by atoms with van der Waals surface area (Å²) < 4.78 is 25.5. The zero-order valence-corrected chi connectivity index (χ0v) is 18.8. The lowest BCUT2D eigenvalue weighted by Crippen LogP contribution is -2.41. The number of rotatable bonds is 6. The first-order chi connectivity index (χ1) is 12.9. The molecule has 5 nitrogen and oxygen atoms in total. The van der Waals surface area contributed by atoms with Gasteiger partial charge in [0.2, 0.25) is 15.9 Å². The standard InChI is InChI=1S/C20H24Cl2N2O3S/c1-12-8-14(3)17(9-13(12)2)15(4)23-20(25)11-24(28(5,26)27)19-10-16(21)6-7-18(19)22/h6-10,15H,11H2,1-5H3,(H,23,25)/t15-/m0/s1. The van der Waals surface area contributed by atoms with Crippen molar-refractivity contribution in [3.63, 3.8) is 0 Å². The van der Waals surface area contributed by atoms with Crippen molar-refractivity contribution in [3.05, 3.63) is 62.6 Å². The van der Waals surface area contributed by atoms with E-state index in [0.717, 1.165) is 27.3 Å². The van der Waals surface area contributed by atoms with Crippen LogP contribution in [0.5, 0.6) is 0 Å². The number of aryl methyl sites for hydroxylation is 3. The third-order valence-electron chi connectivity index (χ3n) is 4.59. The first kappa shape index (κ1) is 22.5. The Hall–Kier alpha value is -1.76. The molecule has 0 bridgehead atoms. The molecule has 28 heavy (non-hydrogen) atoms. The van der Waals surface area contributed by atoms with Crippen LogP contribution in [0.15, 0.2) is 30.3 Å². The van der Waals surface area contributed by atoms with Gasteiger partial charge in [-0.25, -0.2) is 8.42 Å². The number of sulfonamides is 1. The van der Waals surface area contributed by atoms with Gasteiger partial charge in [-0.15, -0.1) is 0 Å². The summed E-state index contributed by atoms with van der Waals surface area (Å²) in [5.41, 5.74) is 4.53. The topological polar surface area (TPSA) is 66.5 Å². The Balaban J connectivity index is 2.25. The quantitative estimate of drug-likeness (QED) is 0.712. The van der Waals surface area contributed by atoms with E-state index in [2.05, 4.69) is 11.4 Å². The Kier molecular flexibility index (Phi) is 7.02. The summed E-state index contributed by atoms with van der Waals surface area (Å²) in [4.78, 5) is 12.6. The van der Waals surface area contributed by atoms with Crippen molar-refractivity contribution < 1.29 is 13.2 Å². The summed E-state index contributed by atoms with van der Waals surface area (Å²) in [7, 11) is -3.74. The van der Waals surface area contributed by atoms with Crippen LogP contribution < -0.4 is 9.62 Å². The highest BCUT2D eigenvalue weighted by atomic mass is 35.5. The molecule has 2 rings (SSSR count). The molecule has 0 aliphatic rings. The SMILES string of the molecule is Cc1cc(C)c([C@H](C)NC(=O)CN(c2cc(Cl)ccc2Cl)S(C)(=O)=O)cc1C. The van der Waals surface area contributed by atoms with E-state index in [1.54, 1.807) is 6.07 Å². The zero-order chi connectivity index (χ0) is 21.2. The second kappa shape index (κ2) is 8.72. The number of nitrogens with one attached hydrogen (secondary N) is 1. The van der Waals surface area contributed by atoms with Gasteiger partial charge in [-0.2, -0.15) is 0 Å². The number of hydrogen-bond donors (Lipinski definition) is 1. The maximum Gasteiger partial charge on any atom is 0.241 e. The normalized spacial score (nSPS) is 12.5. The van der Waals surface area contributed by atoms with E-state index in [4.69, 9.17) is 23.2 Å². The second-order valence-corrected chi connectivity index (χ2v) is 9.70. The monoisotopic (exact) mass is 442 g/mol. The first-order valence-corrected chi connectivity index (χ1v) is 11.3. The molecule has 1 atom stereocenters. The number of benzene rings is 2. The lowest BCUT2D eigenvalue weighted by molar-refractivity contribution is -0.120. The molecule has 0 unspecified atom stereocenters. The molecule has 0 fully saturated rings. The molecule has 2 aromatic rings. The van der Waals surface area contributed by atoms with Crippen LogP contribution in [0.25, 0.3) is 0 Å². The number of hydrogen-bond acceptors (Lipinski definition) is 3. The van der Waals surface area contributed by atoms with Crippen molar-refractivity contribution in [1.82, 2.24) is 5.32 Å². The van der Waals surface area contributed by atoms with Gasteiger partial charge in [0, 0.05) is 5.02 Å². The van der Waals surface area contributed by atoms with Crippen LogP contribution >= 0.6 is 23.2 Å². The predicted molar refractivity (Wildman–Crippen MR) is 116 cm³/mol. The molecule has 0 saturated heterocycles. The molecule has 2 aromatic carbocycles. The minimum Gasteiger partial charge on any atom is -0.348 e. The van der Waals surface area contributed by atoms with Gasteiger partial charge < -0.3 is 5.32 Å². The van der Waals surface area contributed by atoms with Gasteiger partial charge in [-0.3, -0.25) is 9.10 Å². The summed E-state index contributed by atoms with van der Waals surface area (Å²) in [5, 5.41) is 3.39. The largest absolute Gasteiger partial charge is 0.348 e. The van der Waals surface area contributed by atoms with Crippen LogP contribution in [0.1, 0.15) is 35.2 Å². The third kappa shape index (κ3) is 5.40. The Morgan fingerprint density at radius 1 is 1.07 bits per heavy atom. The van der Waals surface area contributed by atoms with Crippen LogP contribution in [-0.4, -0.2) is 27.1 Å². The van der Waals surface area contributed by atoms with E-state index in [1.807, 2.05) is 33.8 Å². The zero-order valence-electron chi connectivity index (χ0n) is 16.5. The number of carbonyl (C=O) groups excluding carboxylic acids is 1. The molecular weight excluding hydrogens is 419 g/mol. The van der Waals surface area contributed by atoms with Crippen LogP contribution in [0, 0.1) is 20.8 Å². The highest BCUT2D eigenvalue weighted by Gasteiger charge is 2.24. The molecule has 0 spiro atoms. The van der Waals surface area contributed by atoms with E-state index in [0.29, 0.717) is 5.02 Å².